The number of rotatable bonds is 3. The van der Waals surface area contributed by atoms with E-state index in [4.69, 9.17) is 0 Å². The van der Waals surface area contributed by atoms with Crippen LogP contribution in [0.25, 0.3) is 0 Å². The van der Waals surface area contributed by atoms with E-state index >= 15 is 0 Å². The van der Waals surface area contributed by atoms with E-state index in [2.05, 4.69) is 10.6 Å². The number of carbonyl (C=O) groups is 1. The summed E-state index contributed by atoms with van der Waals surface area (Å²) in [5.74, 6) is 0.327. The fraction of sp³-hybridized carbons (Fsp3) is 0.909. The van der Waals surface area contributed by atoms with E-state index in [1.54, 1.807) is 0 Å². The van der Waals surface area contributed by atoms with E-state index in [1.165, 1.54) is 0 Å². The Morgan fingerprint density at radius 3 is 2.76 bits per heavy atom. The van der Waals surface area contributed by atoms with Gasteiger partial charge in [0.1, 0.15) is 0 Å². The van der Waals surface area contributed by atoms with Gasteiger partial charge in [-0.15, -0.1) is 0 Å². The van der Waals surface area contributed by atoms with Gasteiger partial charge in [0.15, 0.2) is 9.84 Å². The van der Waals surface area contributed by atoms with Gasteiger partial charge in [-0.05, 0) is 25.8 Å². The standard InChI is InChI=1S/C11H20N2O3S/c1-2-11(4-5-12-8-11)10(14)13-9-3-6-17(15,16)7-9/h9,12H,2-8H2,1H3,(H,13,14). The average molecular weight is 260 g/mol. The number of nitrogens with one attached hydrogen (secondary N) is 2. The van der Waals surface area contributed by atoms with Gasteiger partial charge < -0.3 is 10.6 Å². The van der Waals surface area contributed by atoms with Gasteiger partial charge in [0.2, 0.25) is 5.91 Å². The normalized spacial score (nSPS) is 35.9. The van der Waals surface area contributed by atoms with Crippen LogP contribution in [0.1, 0.15) is 26.2 Å². The van der Waals surface area contributed by atoms with Crippen molar-refractivity contribution in [3.8, 4) is 0 Å². The Morgan fingerprint density at radius 1 is 1.53 bits per heavy atom. The zero-order valence-electron chi connectivity index (χ0n) is 10.2. The Hall–Kier alpha value is -0.620. The summed E-state index contributed by atoms with van der Waals surface area (Å²) >= 11 is 0. The van der Waals surface area contributed by atoms with Crippen LogP contribution in [0.3, 0.4) is 0 Å². The Bertz CT molecular complexity index is 399. The summed E-state index contributed by atoms with van der Waals surface area (Å²) in [6.45, 7) is 3.58. The molecule has 0 aromatic carbocycles. The van der Waals surface area contributed by atoms with E-state index in [9.17, 15) is 13.2 Å². The van der Waals surface area contributed by atoms with Crippen molar-refractivity contribution in [3.05, 3.63) is 0 Å². The van der Waals surface area contributed by atoms with Crippen molar-refractivity contribution in [2.75, 3.05) is 24.6 Å². The molecule has 2 atom stereocenters. The number of sulfone groups is 1. The topological polar surface area (TPSA) is 75.3 Å². The summed E-state index contributed by atoms with van der Waals surface area (Å²) in [6.07, 6.45) is 2.20. The van der Waals surface area contributed by atoms with Crippen LogP contribution in [-0.4, -0.2) is 45.0 Å². The molecule has 0 bridgehead atoms. The molecule has 0 aromatic heterocycles. The highest BCUT2D eigenvalue weighted by molar-refractivity contribution is 7.91. The van der Waals surface area contributed by atoms with Crippen LogP contribution in [0, 0.1) is 5.41 Å². The van der Waals surface area contributed by atoms with E-state index in [-0.39, 0.29) is 28.9 Å². The lowest BCUT2D eigenvalue weighted by Gasteiger charge is -2.27. The molecule has 0 radical (unpaired) electrons. The molecule has 98 valence electrons. The number of amides is 1. The molecule has 1 amide bonds. The predicted octanol–water partition coefficient (Wildman–Crippen LogP) is -0.321. The van der Waals surface area contributed by atoms with Gasteiger partial charge >= 0.3 is 0 Å². The fourth-order valence-electron chi connectivity index (χ4n) is 2.65. The minimum Gasteiger partial charge on any atom is -0.352 e. The molecule has 2 rings (SSSR count). The Kier molecular flexibility index (Phi) is 3.45. The monoisotopic (exact) mass is 260 g/mol. The third-order valence-electron chi connectivity index (χ3n) is 3.97. The maximum absolute atomic E-state index is 12.2. The molecular weight excluding hydrogens is 240 g/mol. The molecule has 2 aliphatic rings. The molecule has 2 unspecified atom stereocenters. The smallest absolute Gasteiger partial charge is 0.227 e. The van der Waals surface area contributed by atoms with Gasteiger partial charge in [0.25, 0.3) is 0 Å². The van der Waals surface area contributed by atoms with E-state index in [0.717, 1.165) is 19.4 Å². The van der Waals surface area contributed by atoms with Crippen molar-refractivity contribution in [3.63, 3.8) is 0 Å². The SMILES string of the molecule is CCC1(C(=O)NC2CCS(=O)(=O)C2)CCNC1. The summed E-state index contributed by atoms with van der Waals surface area (Å²) in [5, 5.41) is 6.12. The minimum absolute atomic E-state index is 0.0205. The van der Waals surface area contributed by atoms with Crippen LogP contribution in [-0.2, 0) is 14.6 Å². The van der Waals surface area contributed by atoms with Crippen molar-refractivity contribution in [1.82, 2.24) is 10.6 Å². The summed E-state index contributed by atoms with van der Waals surface area (Å²) in [4.78, 5) is 12.2. The van der Waals surface area contributed by atoms with Crippen LogP contribution in [0.2, 0.25) is 0 Å². The lowest BCUT2D eigenvalue weighted by atomic mass is 9.83. The van der Waals surface area contributed by atoms with Crippen molar-refractivity contribution in [2.24, 2.45) is 5.41 Å². The molecule has 6 heteroatoms. The highest BCUT2D eigenvalue weighted by Gasteiger charge is 2.41. The molecule has 2 saturated heterocycles. The van der Waals surface area contributed by atoms with Gasteiger partial charge in [-0.1, -0.05) is 6.92 Å². The Balaban J connectivity index is 1.97. The van der Waals surface area contributed by atoms with Gasteiger partial charge in [-0.2, -0.15) is 0 Å². The molecule has 2 aliphatic heterocycles. The first-order chi connectivity index (χ1) is 7.97. The second-order valence-electron chi connectivity index (χ2n) is 5.13. The van der Waals surface area contributed by atoms with Crippen LogP contribution in [0.15, 0.2) is 0 Å². The highest BCUT2D eigenvalue weighted by atomic mass is 32.2. The van der Waals surface area contributed by atoms with Crippen molar-refractivity contribution in [2.45, 2.75) is 32.2 Å². The van der Waals surface area contributed by atoms with Crippen LogP contribution in [0.4, 0.5) is 0 Å². The van der Waals surface area contributed by atoms with Crippen molar-refractivity contribution in [1.29, 1.82) is 0 Å². The summed E-state index contributed by atoms with van der Waals surface area (Å²) in [6, 6.07) is -0.184. The number of hydrogen-bond donors (Lipinski definition) is 2. The largest absolute Gasteiger partial charge is 0.352 e. The van der Waals surface area contributed by atoms with E-state index in [0.29, 0.717) is 13.0 Å². The van der Waals surface area contributed by atoms with Gasteiger partial charge in [0.05, 0.1) is 16.9 Å². The highest BCUT2D eigenvalue weighted by Crippen LogP contribution is 2.30. The first kappa shape index (κ1) is 12.8. The summed E-state index contributed by atoms with van der Waals surface area (Å²) in [7, 11) is -2.92. The van der Waals surface area contributed by atoms with Crippen molar-refractivity contribution < 1.29 is 13.2 Å². The van der Waals surface area contributed by atoms with Gasteiger partial charge in [0, 0.05) is 12.6 Å². The van der Waals surface area contributed by atoms with Crippen molar-refractivity contribution >= 4 is 15.7 Å². The molecule has 0 aliphatic carbocycles. The van der Waals surface area contributed by atoms with E-state index < -0.39 is 9.84 Å². The third-order valence-corrected chi connectivity index (χ3v) is 5.74. The maximum atomic E-state index is 12.2. The summed E-state index contributed by atoms with van der Waals surface area (Å²) < 4.78 is 22.7. The molecule has 5 nitrogen and oxygen atoms in total. The summed E-state index contributed by atoms with van der Waals surface area (Å²) in [5.41, 5.74) is -0.327. The predicted molar refractivity (Wildman–Crippen MR) is 65.4 cm³/mol. The molecule has 2 heterocycles. The Labute approximate surface area is 102 Å². The zero-order chi connectivity index (χ0) is 12.5. The molecule has 2 fully saturated rings. The molecule has 0 saturated carbocycles. The average Bonchev–Trinajstić information content (AvgIpc) is 2.86. The molecule has 2 N–H and O–H groups in total. The second kappa shape index (κ2) is 4.57. The minimum atomic E-state index is -2.92. The third kappa shape index (κ3) is 2.63. The molecule has 0 aromatic rings. The van der Waals surface area contributed by atoms with Gasteiger partial charge in [-0.25, -0.2) is 8.42 Å². The van der Waals surface area contributed by atoms with Crippen LogP contribution in [0.5, 0.6) is 0 Å². The number of hydrogen-bond acceptors (Lipinski definition) is 4. The van der Waals surface area contributed by atoms with Gasteiger partial charge in [-0.3, -0.25) is 4.79 Å². The molecule has 0 spiro atoms. The maximum Gasteiger partial charge on any atom is 0.227 e. The second-order valence-corrected chi connectivity index (χ2v) is 7.36. The zero-order valence-corrected chi connectivity index (χ0v) is 11.0. The first-order valence-electron chi connectivity index (χ1n) is 6.19. The van der Waals surface area contributed by atoms with Crippen LogP contribution < -0.4 is 10.6 Å². The quantitative estimate of drug-likeness (QED) is 0.729. The Morgan fingerprint density at radius 2 is 2.29 bits per heavy atom. The first-order valence-corrected chi connectivity index (χ1v) is 8.02. The molecular formula is C11H20N2O3S. The molecule has 17 heavy (non-hydrogen) atoms. The lowest BCUT2D eigenvalue weighted by Crippen LogP contribution is -2.46. The van der Waals surface area contributed by atoms with Crippen LogP contribution >= 0.6 is 0 Å². The number of carbonyl (C=O) groups excluding carboxylic acids is 1. The fourth-order valence-corrected chi connectivity index (χ4v) is 4.32. The van der Waals surface area contributed by atoms with E-state index in [1.807, 2.05) is 6.92 Å². The lowest BCUT2D eigenvalue weighted by molar-refractivity contribution is -0.130.